The van der Waals surface area contributed by atoms with Crippen molar-refractivity contribution in [2.75, 3.05) is 20.3 Å². The van der Waals surface area contributed by atoms with Crippen LogP contribution in [-0.4, -0.2) is 50.1 Å². The van der Waals surface area contributed by atoms with Crippen molar-refractivity contribution in [3.05, 3.63) is 0 Å². The van der Waals surface area contributed by atoms with E-state index < -0.39 is 5.54 Å². The molecule has 0 bridgehead atoms. The van der Waals surface area contributed by atoms with E-state index in [1.807, 2.05) is 6.92 Å². The van der Waals surface area contributed by atoms with E-state index in [4.69, 9.17) is 14.2 Å². The van der Waals surface area contributed by atoms with Crippen LogP contribution in [0.1, 0.15) is 53.4 Å². The van der Waals surface area contributed by atoms with Crippen LogP contribution < -0.4 is 5.32 Å². The molecule has 0 aromatic rings. The second-order valence-corrected chi connectivity index (χ2v) is 6.22. The Hall–Kier alpha value is -0.650. The monoisotopic (exact) mass is 301 g/mol. The maximum atomic E-state index is 12.0. The summed E-state index contributed by atoms with van der Waals surface area (Å²) in [5.41, 5.74) is -0.673. The van der Waals surface area contributed by atoms with E-state index in [1.165, 1.54) is 7.11 Å². The van der Waals surface area contributed by atoms with Gasteiger partial charge in [-0.3, -0.25) is 4.79 Å². The van der Waals surface area contributed by atoms with Gasteiger partial charge in [0, 0.05) is 6.61 Å². The molecular formula is C16H31NO4. The van der Waals surface area contributed by atoms with Gasteiger partial charge in [-0.15, -0.1) is 0 Å². The Balaban J connectivity index is 2.44. The van der Waals surface area contributed by atoms with Gasteiger partial charge in [0.15, 0.2) is 0 Å². The van der Waals surface area contributed by atoms with Crippen LogP contribution in [0.3, 0.4) is 0 Å². The van der Waals surface area contributed by atoms with Crippen LogP contribution >= 0.6 is 0 Å². The molecule has 0 radical (unpaired) electrons. The van der Waals surface area contributed by atoms with E-state index in [0.29, 0.717) is 13.0 Å². The van der Waals surface area contributed by atoms with Crippen molar-refractivity contribution in [1.29, 1.82) is 0 Å². The lowest BCUT2D eigenvalue weighted by Crippen LogP contribution is -2.51. The Labute approximate surface area is 128 Å². The van der Waals surface area contributed by atoms with Crippen molar-refractivity contribution in [3.8, 4) is 0 Å². The molecule has 5 nitrogen and oxygen atoms in total. The summed E-state index contributed by atoms with van der Waals surface area (Å²) < 4.78 is 16.6. The molecule has 124 valence electrons. The second kappa shape index (κ2) is 8.71. The summed E-state index contributed by atoms with van der Waals surface area (Å²) in [4.78, 5) is 12.0. The molecule has 3 unspecified atom stereocenters. The molecule has 1 rings (SSSR count). The van der Waals surface area contributed by atoms with Crippen molar-refractivity contribution in [1.82, 2.24) is 5.32 Å². The first kappa shape index (κ1) is 18.4. The Bertz CT molecular complexity index is 313. The van der Waals surface area contributed by atoms with Gasteiger partial charge in [0.05, 0.1) is 25.4 Å². The zero-order chi connectivity index (χ0) is 15.9. The first-order valence-electron chi connectivity index (χ1n) is 8.01. The molecule has 1 heterocycles. The van der Waals surface area contributed by atoms with Gasteiger partial charge in [0.25, 0.3) is 0 Å². The average molecular weight is 301 g/mol. The molecule has 1 aliphatic heterocycles. The van der Waals surface area contributed by atoms with Crippen molar-refractivity contribution in [3.63, 3.8) is 0 Å². The van der Waals surface area contributed by atoms with Gasteiger partial charge in [-0.2, -0.15) is 0 Å². The van der Waals surface area contributed by atoms with Crippen molar-refractivity contribution < 1.29 is 19.0 Å². The molecule has 1 N–H and O–H groups in total. The number of nitrogens with one attached hydrogen (secondary N) is 1. The number of hydrogen-bond acceptors (Lipinski definition) is 5. The van der Waals surface area contributed by atoms with Crippen LogP contribution in [0.25, 0.3) is 0 Å². The molecule has 21 heavy (non-hydrogen) atoms. The van der Waals surface area contributed by atoms with Gasteiger partial charge in [-0.05, 0) is 53.0 Å². The summed E-state index contributed by atoms with van der Waals surface area (Å²) in [6.07, 6.45) is 4.12. The van der Waals surface area contributed by atoms with Gasteiger partial charge in [-0.25, -0.2) is 0 Å². The molecule has 0 aliphatic carbocycles. The van der Waals surface area contributed by atoms with Gasteiger partial charge in [0.1, 0.15) is 5.54 Å². The topological polar surface area (TPSA) is 56.8 Å². The fourth-order valence-electron chi connectivity index (χ4n) is 2.80. The van der Waals surface area contributed by atoms with Crippen LogP contribution in [0.2, 0.25) is 0 Å². The molecule has 1 aliphatic rings. The average Bonchev–Trinajstić information content (AvgIpc) is 2.43. The van der Waals surface area contributed by atoms with Crippen LogP contribution in [-0.2, 0) is 19.0 Å². The lowest BCUT2D eigenvalue weighted by molar-refractivity contribution is -0.150. The molecule has 3 atom stereocenters. The van der Waals surface area contributed by atoms with Crippen molar-refractivity contribution >= 4 is 5.97 Å². The molecule has 5 heteroatoms. The number of ether oxygens (including phenoxy) is 3. The molecular weight excluding hydrogens is 270 g/mol. The third-order valence-electron chi connectivity index (χ3n) is 4.01. The zero-order valence-corrected chi connectivity index (χ0v) is 14.1. The standard InChI is InChI=1S/C16H31NO4/c1-6-8-17-16(4,15(18)19-5)7-9-20-14-10-12(2)21-13(3)11-14/h12-14,17H,6-11H2,1-5H3. The lowest BCUT2D eigenvalue weighted by atomic mass is 9.97. The van der Waals surface area contributed by atoms with Crippen LogP contribution in [0.15, 0.2) is 0 Å². The molecule has 0 amide bonds. The van der Waals surface area contributed by atoms with Crippen molar-refractivity contribution in [2.45, 2.75) is 77.2 Å². The molecule has 0 saturated carbocycles. The molecule has 1 fully saturated rings. The Morgan fingerprint density at radius 1 is 1.33 bits per heavy atom. The van der Waals surface area contributed by atoms with Crippen LogP contribution in [0.4, 0.5) is 0 Å². The zero-order valence-electron chi connectivity index (χ0n) is 14.1. The summed E-state index contributed by atoms with van der Waals surface area (Å²) >= 11 is 0. The van der Waals surface area contributed by atoms with Gasteiger partial charge in [-0.1, -0.05) is 6.92 Å². The summed E-state index contributed by atoms with van der Waals surface area (Å²) in [6, 6.07) is 0. The Kier molecular flexibility index (Phi) is 7.63. The molecule has 0 aromatic heterocycles. The predicted octanol–water partition coefficient (Wildman–Crippen LogP) is 2.28. The number of esters is 1. The minimum atomic E-state index is -0.673. The summed E-state index contributed by atoms with van der Waals surface area (Å²) in [6.45, 7) is 9.45. The van der Waals surface area contributed by atoms with Crippen LogP contribution in [0.5, 0.6) is 0 Å². The van der Waals surface area contributed by atoms with E-state index in [1.54, 1.807) is 0 Å². The van der Waals surface area contributed by atoms with Gasteiger partial charge in [0.2, 0.25) is 0 Å². The molecule has 1 saturated heterocycles. The number of rotatable bonds is 8. The highest BCUT2D eigenvalue weighted by Crippen LogP contribution is 2.22. The lowest BCUT2D eigenvalue weighted by Gasteiger charge is -2.33. The molecule has 0 aromatic carbocycles. The third-order valence-corrected chi connectivity index (χ3v) is 4.01. The number of carbonyl (C=O) groups excluding carboxylic acids is 1. The quantitative estimate of drug-likeness (QED) is 0.697. The summed E-state index contributed by atoms with van der Waals surface area (Å²) in [7, 11) is 1.43. The first-order valence-corrected chi connectivity index (χ1v) is 8.01. The number of carbonyl (C=O) groups is 1. The van der Waals surface area contributed by atoms with E-state index >= 15 is 0 Å². The Morgan fingerprint density at radius 3 is 2.48 bits per heavy atom. The third kappa shape index (κ3) is 5.93. The highest BCUT2D eigenvalue weighted by atomic mass is 16.5. The predicted molar refractivity (Wildman–Crippen MR) is 82.3 cm³/mol. The maximum Gasteiger partial charge on any atom is 0.325 e. The van der Waals surface area contributed by atoms with Crippen LogP contribution in [0, 0.1) is 0 Å². The van der Waals surface area contributed by atoms with Crippen molar-refractivity contribution in [2.24, 2.45) is 0 Å². The largest absolute Gasteiger partial charge is 0.468 e. The first-order chi connectivity index (χ1) is 9.91. The highest BCUT2D eigenvalue weighted by molar-refractivity contribution is 5.80. The van der Waals surface area contributed by atoms with Gasteiger partial charge >= 0.3 is 5.97 Å². The normalized spacial score (nSPS) is 28.9. The second-order valence-electron chi connectivity index (χ2n) is 6.22. The van der Waals surface area contributed by atoms with E-state index in [-0.39, 0.29) is 24.3 Å². The minimum absolute atomic E-state index is 0.219. The smallest absolute Gasteiger partial charge is 0.325 e. The summed E-state index contributed by atoms with van der Waals surface area (Å²) in [5.74, 6) is -0.228. The maximum absolute atomic E-state index is 12.0. The summed E-state index contributed by atoms with van der Waals surface area (Å²) in [5, 5.41) is 3.27. The SMILES string of the molecule is CCCNC(C)(CCOC1CC(C)OC(C)C1)C(=O)OC. The Morgan fingerprint density at radius 2 is 1.95 bits per heavy atom. The number of methoxy groups -OCH3 is 1. The minimum Gasteiger partial charge on any atom is -0.468 e. The van der Waals surface area contributed by atoms with E-state index in [2.05, 4.69) is 26.1 Å². The highest BCUT2D eigenvalue weighted by Gasteiger charge is 2.34. The number of hydrogen-bond donors (Lipinski definition) is 1. The fraction of sp³-hybridized carbons (Fsp3) is 0.938. The van der Waals surface area contributed by atoms with E-state index in [9.17, 15) is 4.79 Å². The van der Waals surface area contributed by atoms with Gasteiger partial charge < -0.3 is 19.5 Å². The fourth-order valence-corrected chi connectivity index (χ4v) is 2.80. The molecule has 0 spiro atoms. The van der Waals surface area contributed by atoms with E-state index in [0.717, 1.165) is 25.8 Å².